The minimum Gasteiger partial charge on any atom is -0.327 e. The number of rotatable bonds is 2. The van der Waals surface area contributed by atoms with Crippen LogP contribution in [0.1, 0.15) is 19.8 Å². The molecule has 0 aromatic carbocycles. The summed E-state index contributed by atoms with van der Waals surface area (Å²) in [7, 11) is 0. The lowest BCUT2D eigenvalue weighted by atomic mass is 10.1. The highest BCUT2D eigenvalue weighted by Crippen LogP contribution is 2.21. The predicted octanol–water partition coefficient (Wildman–Crippen LogP) is 0.114. The summed E-state index contributed by atoms with van der Waals surface area (Å²) in [5, 5.41) is 0. The van der Waals surface area contributed by atoms with Crippen LogP contribution in [0.15, 0.2) is 0 Å². The number of hydrogen-bond donors (Lipinski definition) is 1. The predicted molar refractivity (Wildman–Crippen MR) is 54.7 cm³/mol. The van der Waals surface area contributed by atoms with E-state index >= 15 is 0 Å². The van der Waals surface area contributed by atoms with Gasteiger partial charge in [-0.25, -0.2) is 0 Å². The molecule has 3 heteroatoms. The zero-order valence-electron chi connectivity index (χ0n) is 8.58. The summed E-state index contributed by atoms with van der Waals surface area (Å²) in [4.78, 5) is 5.16. The topological polar surface area (TPSA) is 32.5 Å². The monoisotopic (exact) mass is 183 g/mol. The van der Waals surface area contributed by atoms with Crippen molar-refractivity contribution >= 4 is 0 Å². The molecule has 1 unspecified atom stereocenters. The van der Waals surface area contributed by atoms with Gasteiger partial charge in [-0.1, -0.05) is 0 Å². The average Bonchev–Trinajstić information content (AvgIpc) is 2.49. The average molecular weight is 183 g/mol. The Bertz CT molecular complexity index is 170. The second-order valence-electron chi connectivity index (χ2n) is 4.57. The molecule has 2 atom stereocenters. The van der Waals surface area contributed by atoms with Crippen molar-refractivity contribution in [1.82, 2.24) is 9.80 Å². The van der Waals surface area contributed by atoms with Crippen LogP contribution >= 0.6 is 0 Å². The van der Waals surface area contributed by atoms with Gasteiger partial charge in [0, 0.05) is 38.3 Å². The number of nitrogens with zero attached hydrogens (tertiary/aromatic N) is 2. The summed E-state index contributed by atoms with van der Waals surface area (Å²) < 4.78 is 0. The van der Waals surface area contributed by atoms with E-state index in [0.29, 0.717) is 6.04 Å². The van der Waals surface area contributed by atoms with Gasteiger partial charge in [0.1, 0.15) is 0 Å². The van der Waals surface area contributed by atoms with Gasteiger partial charge in [0.25, 0.3) is 0 Å². The third kappa shape index (κ3) is 2.22. The molecule has 0 spiro atoms. The molecule has 0 saturated carbocycles. The maximum atomic E-state index is 5.81. The lowest BCUT2D eigenvalue weighted by Gasteiger charge is -2.38. The Morgan fingerprint density at radius 2 is 2.23 bits per heavy atom. The maximum absolute atomic E-state index is 5.81. The Labute approximate surface area is 80.9 Å². The van der Waals surface area contributed by atoms with Crippen molar-refractivity contribution in [3.63, 3.8) is 0 Å². The quantitative estimate of drug-likeness (QED) is 0.660. The van der Waals surface area contributed by atoms with Crippen LogP contribution in [0.5, 0.6) is 0 Å². The minimum absolute atomic E-state index is 0.327. The summed E-state index contributed by atoms with van der Waals surface area (Å²) in [5.41, 5.74) is 5.81. The fraction of sp³-hybridized carbons (Fsp3) is 1.00. The van der Waals surface area contributed by atoms with Crippen LogP contribution in [0.25, 0.3) is 0 Å². The van der Waals surface area contributed by atoms with Crippen LogP contribution in [0.4, 0.5) is 0 Å². The molecule has 13 heavy (non-hydrogen) atoms. The molecule has 2 N–H and O–H groups in total. The van der Waals surface area contributed by atoms with Gasteiger partial charge < -0.3 is 5.73 Å². The van der Waals surface area contributed by atoms with E-state index < -0.39 is 0 Å². The number of hydrogen-bond acceptors (Lipinski definition) is 3. The van der Waals surface area contributed by atoms with Gasteiger partial charge in [-0.05, 0) is 26.3 Å². The Morgan fingerprint density at radius 3 is 3.00 bits per heavy atom. The lowest BCUT2D eigenvalue weighted by Crippen LogP contribution is -2.52. The molecule has 2 rings (SSSR count). The molecule has 0 aromatic heterocycles. The zero-order chi connectivity index (χ0) is 9.26. The van der Waals surface area contributed by atoms with Crippen LogP contribution in [0.3, 0.4) is 0 Å². The van der Waals surface area contributed by atoms with Crippen molar-refractivity contribution < 1.29 is 0 Å². The maximum Gasteiger partial charge on any atom is 0.0224 e. The van der Waals surface area contributed by atoms with Gasteiger partial charge in [-0.2, -0.15) is 0 Å². The van der Waals surface area contributed by atoms with Gasteiger partial charge in [-0.3, -0.25) is 9.80 Å². The Kier molecular flexibility index (Phi) is 2.86. The Morgan fingerprint density at radius 1 is 1.38 bits per heavy atom. The normalized spacial score (nSPS) is 33.2. The standard InChI is InChI=1S/C10H21N3/c1-9(11)7-12-5-6-13-4-2-3-10(13)8-12/h9-10H,2-8,11H2,1H3/t9-,10?/m0/s1. The molecule has 3 nitrogen and oxygen atoms in total. The number of nitrogens with two attached hydrogens (primary N) is 1. The van der Waals surface area contributed by atoms with E-state index in [2.05, 4.69) is 16.7 Å². The molecule has 2 aliphatic heterocycles. The van der Waals surface area contributed by atoms with Crippen LogP contribution < -0.4 is 5.73 Å². The number of fused-ring (bicyclic) bond motifs is 1. The van der Waals surface area contributed by atoms with Gasteiger partial charge >= 0.3 is 0 Å². The summed E-state index contributed by atoms with van der Waals surface area (Å²) in [5.74, 6) is 0. The Hall–Kier alpha value is -0.120. The summed E-state index contributed by atoms with van der Waals surface area (Å²) in [6, 6.07) is 1.17. The third-order valence-electron chi connectivity index (χ3n) is 3.22. The van der Waals surface area contributed by atoms with Crippen LogP contribution in [0.2, 0.25) is 0 Å². The van der Waals surface area contributed by atoms with E-state index in [1.165, 1.54) is 39.0 Å². The van der Waals surface area contributed by atoms with Crippen molar-refractivity contribution in [1.29, 1.82) is 0 Å². The Balaban J connectivity index is 1.83. The summed E-state index contributed by atoms with van der Waals surface area (Å²) >= 11 is 0. The van der Waals surface area contributed by atoms with Crippen molar-refractivity contribution in [2.24, 2.45) is 5.73 Å². The van der Waals surface area contributed by atoms with Gasteiger partial charge in [-0.15, -0.1) is 0 Å². The van der Waals surface area contributed by atoms with E-state index in [4.69, 9.17) is 5.73 Å². The highest BCUT2D eigenvalue weighted by molar-refractivity contribution is 4.87. The first-order valence-corrected chi connectivity index (χ1v) is 5.47. The molecule has 2 saturated heterocycles. The van der Waals surface area contributed by atoms with Crippen molar-refractivity contribution in [2.75, 3.05) is 32.7 Å². The van der Waals surface area contributed by atoms with Crippen LogP contribution in [-0.2, 0) is 0 Å². The van der Waals surface area contributed by atoms with Gasteiger partial charge in [0.2, 0.25) is 0 Å². The fourth-order valence-electron chi connectivity index (χ4n) is 2.63. The fourth-order valence-corrected chi connectivity index (χ4v) is 2.63. The van der Waals surface area contributed by atoms with E-state index in [9.17, 15) is 0 Å². The molecule has 0 aromatic rings. The number of piperazine rings is 1. The van der Waals surface area contributed by atoms with Crippen molar-refractivity contribution in [3.05, 3.63) is 0 Å². The van der Waals surface area contributed by atoms with E-state index in [1.54, 1.807) is 0 Å². The molecule has 2 heterocycles. The van der Waals surface area contributed by atoms with Crippen LogP contribution in [0, 0.1) is 0 Å². The molecule has 0 bridgehead atoms. The summed E-state index contributed by atoms with van der Waals surface area (Å²) in [6.07, 6.45) is 2.80. The first-order chi connectivity index (χ1) is 6.25. The third-order valence-corrected chi connectivity index (χ3v) is 3.22. The molecule has 2 aliphatic rings. The SMILES string of the molecule is C[C@H](N)CN1CCN2CCCC2C1. The molecule has 76 valence electrons. The van der Waals surface area contributed by atoms with Gasteiger partial charge in [0.15, 0.2) is 0 Å². The molecule has 0 amide bonds. The largest absolute Gasteiger partial charge is 0.327 e. The molecule has 2 fully saturated rings. The smallest absolute Gasteiger partial charge is 0.0224 e. The van der Waals surface area contributed by atoms with E-state index in [-0.39, 0.29) is 0 Å². The van der Waals surface area contributed by atoms with Crippen LogP contribution in [-0.4, -0.2) is 54.6 Å². The zero-order valence-corrected chi connectivity index (χ0v) is 8.58. The first kappa shape index (κ1) is 9.44. The summed E-state index contributed by atoms with van der Waals surface area (Å²) in [6.45, 7) is 8.24. The lowest BCUT2D eigenvalue weighted by molar-refractivity contribution is 0.101. The molecular formula is C10H21N3. The second-order valence-corrected chi connectivity index (χ2v) is 4.57. The molecule has 0 aliphatic carbocycles. The van der Waals surface area contributed by atoms with Gasteiger partial charge in [0.05, 0.1) is 0 Å². The first-order valence-electron chi connectivity index (χ1n) is 5.47. The molecular weight excluding hydrogens is 162 g/mol. The highest BCUT2D eigenvalue weighted by atomic mass is 15.3. The second kappa shape index (κ2) is 3.95. The molecule has 0 radical (unpaired) electrons. The van der Waals surface area contributed by atoms with E-state index in [1.807, 2.05) is 0 Å². The minimum atomic E-state index is 0.327. The van der Waals surface area contributed by atoms with E-state index in [0.717, 1.165) is 12.6 Å². The van der Waals surface area contributed by atoms with Crippen molar-refractivity contribution in [2.45, 2.75) is 31.8 Å². The van der Waals surface area contributed by atoms with Crippen molar-refractivity contribution in [3.8, 4) is 0 Å². The highest BCUT2D eigenvalue weighted by Gasteiger charge is 2.30.